The third-order valence-corrected chi connectivity index (χ3v) is 9.84. The molecule has 0 atom stereocenters. The van der Waals surface area contributed by atoms with Gasteiger partial charge in [0.2, 0.25) is 0 Å². The standard InChI is InChI=1S/C48H31N5/c1-5-15-32(16-6-1)41-31-53-30-29-39-43(48(53)50-41)38-23-13-14-24-40(38)49-44(39)36-27-25-33(26-28-36)42-45(34-17-7-2-8-18-34)51-47(37-21-11-4-12-22-37)52-46(42)35-19-9-3-10-20-35/h1-31H. The van der Waals surface area contributed by atoms with Gasteiger partial charge in [-0.1, -0.05) is 164 Å². The first kappa shape index (κ1) is 30.6. The number of pyridine rings is 2. The van der Waals surface area contributed by atoms with Crippen molar-refractivity contribution in [3.05, 3.63) is 188 Å². The molecule has 0 aliphatic rings. The van der Waals surface area contributed by atoms with Crippen LogP contribution in [0.25, 0.3) is 94.9 Å². The lowest BCUT2D eigenvalue weighted by Gasteiger charge is -2.17. The minimum Gasteiger partial charge on any atom is -0.306 e. The van der Waals surface area contributed by atoms with Gasteiger partial charge in [-0.05, 0) is 17.7 Å². The highest BCUT2D eigenvalue weighted by atomic mass is 15.0. The molecule has 0 bridgehead atoms. The number of aromatic nitrogens is 5. The normalized spacial score (nSPS) is 11.4. The van der Waals surface area contributed by atoms with Gasteiger partial charge in [0.1, 0.15) is 5.65 Å². The summed E-state index contributed by atoms with van der Waals surface area (Å²) in [6.07, 6.45) is 4.20. The van der Waals surface area contributed by atoms with Crippen LogP contribution in [0.4, 0.5) is 0 Å². The van der Waals surface area contributed by atoms with E-state index in [1.165, 1.54) is 0 Å². The molecule has 10 aromatic rings. The third kappa shape index (κ3) is 5.43. The fraction of sp³-hybridized carbons (Fsp3) is 0. The second kappa shape index (κ2) is 12.8. The summed E-state index contributed by atoms with van der Waals surface area (Å²) in [6, 6.07) is 60.5. The van der Waals surface area contributed by atoms with Crippen LogP contribution in [0.3, 0.4) is 0 Å². The van der Waals surface area contributed by atoms with E-state index in [1.54, 1.807) is 0 Å². The van der Waals surface area contributed by atoms with Gasteiger partial charge in [0.05, 0.1) is 28.3 Å². The maximum atomic E-state index is 5.26. The van der Waals surface area contributed by atoms with Crippen molar-refractivity contribution in [1.82, 2.24) is 24.3 Å². The molecule has 0 radical (unpaired) electrons. The molecule has 5 nitrogen and oxygen atoms in total. The van der Waals surface area contributed by atoms with Crippen LogP contribution in [0.15, 0.2) is 188 Å². The van der Waals surface area contributed by atoms with E-state index in [-0.39, 0.29) is 0 Å². The molecule has 0 fully saturated rings. The fourth-order valence-electron chi connectivity index (χ4n) is 7.30. The molecule has 0 unspecified atom stereocenters. The zero-order chi connectivity index (χ0) is 35.1. The lowest BCUT2D eigenvalue weighted by molar-refractivity contribution is 1.18. The highest BCUT2D eigenvalue weighted by molar-refractivity contribution is 6.16. The molecule has 0 N–H and O–H groups in total. The largest absolute Gasteiger partial charge is 0.306 e. The van der Waals surface area contributed by atoms with Crippen LogP contribution in [0.2, 0.25) is 0 Å². The fourth-order valence-corrected chi connectivity index (χ4v) is 7.30. The number of fused-ring (bicyclic) bond motifs is 5. The van der Waals surface area contributed by atoms with Crippen LogP contribution >= 0.6 is 0 Å². The SMILES string of the molecule is c1ccc(-c2cn3ccc4c(-c5ccc(-c6c(-c7ccccc7)nc(-c7ccccc7)nc6-c6ccccc6)cc5)nc5ccccc5c4c3n2)cc1. The number of para-hydroxylation sites is 1. The number of hydrogen-bond donors (Lipinski definition) is 0. The monoisotopic (exact) mass is 677 g/mol. The molecule has 4 aromatic heterocycles. The first-order valence-corrected chi connectivity index (χ1v) is 17.7. The molecular formula is C48H31N5. The molecule has 0 saturated carbocycles. The topological polar surface area (TPSA) is 56.0 Å². The number of hydrogen-bond acceptors (Lipinski definition) is 4. The Morgan fingerprint density at radius 2 is 0.868 bits per heavy atom. The van der Waals surface area contributed by atoms with Crippen molar-refractivity contribution in [2.45, 2.75) is 0 Å². The number of nitrogens with zero attached hydrogens (tertiary/aromatic N) is 5. The van der Waals surface area contributed by atoms with Crippen molar-refractivity contribution < 1.29 is 0 Å². The molecule has 0 aliphatic carbocycles. The Labute approximate surface area is 306 Å². The van der Waals surface area contributed by atoms with Gasteiger partial charge in [-0.25, -0.2) is 19.9 Å². The molecule has 6 aromatic carbocycles. The Balaban J connectivity index is 1.18. The predicted molar refractivity (Wildman–Crippen MR) is 216 cm³/mol. The van der Waals surface area contributed by atoms with Crippen LogP contribution < -0.4 is 0 Å². The molecule has 4 heterocycles. The van der Waals surface area contributed by atoms with E-state index in [4.69, 9.17) is 19.9 Å². The van der Waals surface area contributed by atoms with Gasteiger partial charge in [-0.15, -0.1) is 0 Å². The first-order valence-electron chi connectivity index (χ1n) is 17.7. The Hall–Kier alpha value is -7.24. The smallest absolute Gasteiger partial charge is 0.160 e. The number of rotatable bonds is 6. The van der Waals surface area contributed by atoms with Crippen molar-refractivity contribution in [1.29, 1.82) is 0 Å². The highest BCUT2D eigenvalue weighted by Gasteiger charge is 2.21. The minimum atomic E-state index is 0.691. The summed E-state index contributed by atoms with van der Waals surface area (Å²) >= 11 is 0. The van der Waals surface area contributed by atoms with Crippen molar-refractivity contribution in [3.8, 4) is 67.5 Å². The summed E-state index contributed by atoms with van der Waals surface area (Å²) in [5.74, 6) is 0.691. The number of benzene rings is 6. The van der Waals surface area contributed by atoms with Crippen molar-refractivity contribution >= 4 is 27.3 Å². The molecule has 0 aliphatic heterocycles. The van der Waals surface area contributed by atoms with Gasteiger partial charge < -0.3 is 4.40 Å². The van der Waals surface area contributed by atoms with Gasteiger partial charge in [-0.3, -0.25) is 0 Å². The van der Waals surface area contributed by atoms with Crippen molar-refractivity contribution in [2.75, 3.05) is 0 Å². The van der Waals surface area contributed by atoms with Gasteiger partial charge in [-0.2, -0.15) is 0 Å². The Morgan fingerprint density at radius 1 is 0.358 bits per heavy atom. The van der Waals surface area contributed by atoms with Crippen LogP contribution in [-0.4, -0.2) is 24.3 Å². The van der Waals surface area contributed by atoms with Crippen LogP contribution in [-0.2, 0) is 0 Å². The van der Waals surface area contributed by atoms with Crippen LogP contribution in [0, 0.1) is 0 Å². The summed E-state index contributed by atoms with van der Waals surface area (Å²) in [5, 5.41) is 3.22. The van der Waals surface area contributed by atoms with Crippen molar-refractivity contribution in [2.24, 2.45) is 0 Å². The van der Waals surface area contributed by atoms with E-state index in [0.717, 1.165) is 89.0 Å². The van der Waals surface area contributed by atoms with E-state index < -0.39 is 0 Å². The lowest BCUT2D eigenvalue weighted by atomic mass is 9.92. The van der Waals surface area contributed by atoms with Gasteiger partial charge in [0, 0.05) is 61.9 Å². The molecule has 0 saturated heterocycles. The molecule has 0 spiro atoms. The predicted octanol–water partition coefficient (Wildman–Crippen LogP) is 11.8. The summed E-state index contributed by atoms with van der Waals surface area (Å²) < 4.78 is 2.12. The average Bonchev–Trinajstić information content (AvgIpc) is 3.69. The number of imidazole rings is 1. The maximum absolute atomic E-state index is 5.26. The van der Waals surface area contributed by atoms with Crippen LogP contribution in [0.1, 0.15) is 0 Å². The third-order valence-electron chi connectivity index (χ3n) is 9.84. The molecule has 0 amide bonds. The highest BCUT2D eigenvalue weighted by Crippen LogP contribution is 2.41. The summed E-state index contributed by atoms with van der Waals surface area (Å²) in [6.45, 7) is 0. The van der Waals surface area contributed by atoms with E-state index in [0.29, 0.717) is 5.82 Å². The van der Waals surface area contributed by atoms with Gasteiger partial charge in [0.15, 0.2) is 5.82 Å². The van der Waals surface area contributed by atoms with Gasteiger partial charge >= 0.3 is 0 Å². The van der Waals surface area contributed by atoms with E-state index in [9.17, 15) is 0 Å². The zero-order valence-electron chi connectivity index (χ0n) is 28.6. The molecule has 10 rings (SSSR count). The van der Waals surface area contributed by atoms with Crippen molar-refractivity contribution in [3.63, 3.8) is 0 Å². The second-order valence-corrected chi connectivity index (χ2v) is 13.1. The summed E-state index contributed by atoms with van der Waals surface area (Å²) in [4.78, 5) is 20.9. The maximum Gasteiger partial charge on any atom is 0.160 e. The minimum absolute atomic E-state index is 0.691. The molecule has 53 heavy (non-hydrogen) atoms. The van der Waals surface area contributed by atoms with E-state index >= 15 is 0 Å². The van der Waals surface area contributed by atoms with Crippen LogP contribution in [0.5, 0.6) is 0 Å². The van der Waals surface area contributed by atoms with E-state index in [1.807, 2.05) is 54.6 Å². The summed E-state index contributed by atoms with van der Waals surface area (Å²) in [7, 11) is 0. The Bertz CT molecular complexity index is 2840. The Morgan fingerprint density at radius 3 is 1.49 bits per heavy atom. The Kier molecular flexibility index (Phi) is 7.40. The molecule has 5 heteroatoms. The quantitative estimate of drug-likeness (QED) is 0.164. The lowest BCUT2D eigenvalue weighted by Crippen LogP contribution is -2.01. The van der Waals surface area contributed by atoms with Gasteiger partial charge in [0.25, 0.3) is 0 Å². The molecule has 248 valence electrons. The first-order chi connectivity index (χ1) is 26.3. The molecular weight excluding hydrogens is 647 g/mol. The second-order valence-electron chi connectivity index (χ2n) is 13.1. The zero-order valence-corrected chi connectivity index (χ0v) is 28.6. The summed E-state index contributed by atoms with van der Waals surface area (Å²) in [5.41, 5.74) is 12.6. The van der Waals surface area contributed by atoms with E-state index in [2.05, 4.69) is 138 Å². The average molecular weight is 678 g/mol.